The van der Waals surface area contributed by atoms with Crippen LogP contribution in [-0.4, -0.2) is 21.7 Å². The molecule has 0 unspecified atom stereocenters. The molecule has 0 amide bonds. The summed E-state index contributed by atoms with van der Waals surface area (Å²) in [5.41, 5.74) is 0.738. The van der Waals surface area contributed by atoms with E-state index in [1.165, 1.54) is 0 Å². The maximum atomic E-state index is 12.3. The summed E-state index contributed by atoms with van der Waals surface area (Å²) in [5.74, 6) is 0.0214. The Hall–Kier alpha value is -2.14. The molecular formula is C16H20N2O3. The van der Waals surface area contributed by atoms with Crippen molar-refractivity contribution in [3.8, 4) is 17.0 Å². The molecule has 1 heterocycles. The van der Waals surface area contributed by atoms with Crippen LogP contribution in [0.2, 0.25) is 0 Å². The third-order valence-corrected chi connectivity index (χ3v) is 3.32. The summed E-state index contributed by atoms with van der Waals surface area (Å²) in [6.45, 7) is 7.89. The van der Waals surface area contributed by atoms with Gasteiger partial charge in [0.1, 0.15) is 17.0 Å². The molecule has 2 aromatic rings. The summed E-state index contributed by atoms with van der Waals surface area (Å²) in [6, 6.07) is 7.34. The molecule has 2 rings (SSSR count). The van der Waals surface area contributed by atoms with Gasteiger partial charge in [-0.25, -0.2) is 0 Å². The molecule has 0 bridgehead atoms. The number of benzene rings is 1. The van der Waals surface area contributed by atoms with Gasteiger partial charge < -0.3 is 14.8 Å². The molecule has 5 heteroatoms. The van der Waals surface area contributed by atoms with Crippen molar-refractivity contribution in [2.75, 3.05) is 6.61 Å². The minimum atomic E-state index is -0.767. The van der Waals surface area contributed by atoms with Gasteiger partial charge in [-0.15, -0.1) is 0 Å². The van der Waals surface area contributed by atoms with Crippen molar-refractivity contribution in [1.29, 1.82) is 0 Å². The second-order valence-corrected chi connectivity index (χ2v) is 5.42. The van der Waals surface area contributed by atoms with E-state index < -0.39 is 5.60 Å². The van der Waals surface area contributed by atoms with Crippen molar-refractivity contribution >= 4 is 0 Å². The molecule has 0 spiro atoms. The van der Waals surface area contributed by atoms with Gasteiger partial charge in [-0.2, -0.15) is 4.98 Å². The van der Waals surface area contributed by atoms with Crippen molar-refractivity contribution in [3.63, 3.8) is 0 Å². The van der Waals surface area contributed by atoms with Crippen molar-refractivity contribution < 1.29 is 9.84 Å². The number of aromatic amines is 1. The Morgan fingerprint density at radius 3 is 2.43 bits per heavy atom. The summed E-state index contributed by atoms with van der Waals surface area (Å²) in [6.07, 6.45) is 0. The molecule has 5 nitrogen and oxygen atoms in total. The van der Waals surface area contributed by atoms with Crippen LogP contribution in [0, 0.1) is 6.92 Å². The number of aryl methyl sites for hydroxylation is 1. The lowest BCUT2D eigenvalue weighted by molar-refractivity contribution is -0.0213. The van der Waals surface area contributed by atoms with Crippen molar-refractivity contribution in [3.05, 3.63) is 46.0 Å². The smallest absolute Gasteiger partial charge is 0.262 e. The fourth-order valence-electron chi connectivity index (χ4n) is 2.16. The molecule has 0 radical (unpaired) electrons. The second kappa shape index (κ2) is 5.69. The zero-order chi connectivity index (χ0) is 15.6. The van der Waals surface area contributed by atoms with E-state index in [1.807, 2.05) is 26.0 Å². The fourth-order valence-corrected chi connectivity index (χ4v) is 2.16. The van der Waals surface area contributed by atoms with E-state index in [4.69, 9.17) is 4.74 Å². The predicted molar refractivity (Wildman–Crippen MR) is 81.3 cm³/mol. The summed E-state index contributed by atoms with van der Waals surface area (Å²) < 4.78 is 5.54. The van der Waals surface area contributed by atoms with Crippen LogP contribution in [0.1, 0.15) is 32.2 Å². The lowest BCUT2D eigenvalue weighted by Crippen LogP contribution is -2.28. The Morgan fingerprint density at radius 2 is 1.90 bits per heavy atom. The molecule has 112 valence electrons. The zero-order valence-corrected chi connectivity index (χ0v) is 12.7. The van der Waals surface area contributed by atoms with Crippen LogP contribution < -0.4 is 5.56 Å². The molecule has 0 aliphatic heterocycles. The van der Waals surface area contributed by atoms with E-state index in [9.17, 15) is 9.90 Å². The second-order valence-electron chi connectivity index (χ2n) is 5.42. The highest BCUT2D eigenvalue weighted by molar-refractivity contribution is 5.67. The van der Waals surface area contributed by atoms with Crippen LogP contribution >= 0.6 is 0 Å². The molecule has 0 aliphatic carbocycles. The molecule has 0 aliphatic rings. The monoisotopic (exact) mass is 288 g/mol. The maximum Gasteiger partial charge on any atom is 0.262 e. The molecule has 0 saturated carbocycles. The number of aromatic hydroxyl groups is 1. The van der Waals surface area contributed by atoms with Crippen LogP contribution in [0.3, 0.4) is 0 Å². The first kappa shape index (κ1) is 15.3. The van der Waals surface area contributed by atoms with E-state index in [2.05, 4.69) is 9.97 Å². The van der Waals surface area contributed by atoms with Crippen molar-refractivity contribution in [1.82, 2.24) is 9.97 Å². The third kappa shape index (κ3) is 3.13. The molecular weight excluding hydrogens is 268 g/mol. The van der Waals surface area contributed by atoms with E-state index in [-0.39, 0.29) is 17.0 Å². The summed E-state index contributed by atoms with van der Waals surface area (Å²) in [4.78, 5) is 19.1. The first-order valence-corrected chi connectivity index (χ1v) is 6.90. The molecule has 21 heavy (non-hydrogen) atoms. The van der Waals surface area contributed by atoms with Gasteiger partial charge in [0.15, 0.2) is 0 Å². The van der Waals surface area contributed by atoms with E-state index in [1.54, 1.807) is 26.0 Å². The van der Waals surface area contributed by atoms with Gasteiger partial charge in [0.25, 0.3) is 5.56 Å². The lowest BCUT2D eigenvalue weighted by atomic mass is 10.1. The van der Waals surface area contributed by atoms with Crippen LogP contribution in [-0.2, 0) is 10.3 Å². The topological polar surface area (TPSA) is 75.2 Å². The van der Waals surface area contributed by atoms with Crippen LogP contribution in [0.15, 0.2) is 29.1 Å². The third-order valence-electron chi connectivity index (χ3n) is 3.32. The number of hydrogen-bond acceptors (Lipinski definition) is 4. The largest absolute Gasteiger partial charge is 0.493 e. The van der Waals surface area contributed by atoms with Gasteiger partial charge in [-0.05, 0) is 33.3 Å². The minimum Gasteiger partial charge on any atom is -0.493 e. The SMILES string of the molecule is CCOC(C)(C)c1nc(O)c(-c2ccc(C)cc2)c(=O)[nH]1. The van der Waals surface area contributed by atoms with Crippen LogP contribution in [0.25, 0.3) is 11.1 Å². The minimum absolute atomic E-state index is 0.172. The lowest BCUT2D eigenvalue weighted by Gasteiger charge is -2.23. The Kier molecular flexibility index (Phi) is 4.14. The average Bonchev–Trinajstić information content (AvgIpc) is 2.40. The van der Waals surface area contributed by atoms with Gasteiger partial charge in [0.05, 0.1) is 0 Å². The summed E-state index contributed by atoms with van der Waals surface area (Å²) in [5, 5.41) is 10.1. The standard InChI is InChI=1S/C16H20N2O3/c1-5-21-16(3,4)15-17-13(19)12(14(20)18-15)11-8-6-10(2)7-9-11/h6-9H,5H2,1-4H3,(H2,17,18,19,20). The van der Waals surface area contributed by atoms with Crippen molar-refractivity contribution in [2.24, 2.45) is 0 Å². The quantitative estimate of drug-likeness (QED) is 0.907. The van der Waals surface area contributed by atoms with Gasteiger partial charge in [-0.1, -0.05) is 29.8 Å². The first-order chi connectivity index (χ1) is 9.85. The van der Waals surface area contributed by atoms with Gasteiger partial charge in [-0.3, -0.25) is 4.79 Å². The first-order valence-electron chi connectivity index (χ1n) is 6.90. The average molecular weight is 288 g/mol. The number of H-pyrrole nitrogens is 1. The predicted octanol–water partition coefficient (Wildman–Crippen LogP) is 2.72. The molecule has 0 saturated heterocycles. The van der Waals surface area contributed by atoms with Gasteiger partial charge >= 0.3 is 0 Å². The number of aromatic nitrogens is 2. The Balaban J connectivity index is 2.52. The van der Waals surface area contributed by atoms with Crippen LogP contribution in [0.4, 0.5) is 0 Å². The number of ether oxygens (including phenoxy) is 1. The van der Waals surface area contributed by atoms with Crippen LogP contribution in [0.5, 0.6) is 5.88 Å². The normalized spacial score (nSPS) is 11.6. The Morgan fingerprint density at radius 1 is 1.29 bits per heavy atom. The number of rotatable bonds is 4. The van der Waals surface area contributed by atoms with Gasteiger partial charge in [0.2, 0.25) is 5.88 Å². The molecule has 1 aromatic heterocycles. The molecule has 0 fully saturated rings. The highest BCUT2D eigenvalue weighted by atomic mass is 16.5. The molecule has 0 atom stereocenters. The summed E-state index contributed by atoms with van der Waals surface area (Å²) in [7, 11) is 0. The molecule has 1 aromatic carbocycles. The highest BCUT2D eigenvalue weighted by Gasteiger charge is 2.26. The number of nitrogens with zero attached hydrogens (tertiary/aromatic N) is 1. The molecule has 2 N–H and O–H groups in total. The van der Waals surface area contributed by atoms with E-state index in [0.29, 0.717) is 18.0 Å². The number of nitrogens with one attached hydrogen (secondary N) is 1. The highest BCUT2D eigenvalue weighted by Crippen LogP contribution is 2.27. The Labute approximate surface area is 123 Å². The zero-order valence-electron chi connectivity index (χ0n) is 12.7. The Bertz CT molecular complexity index is 688. The van der Waals surface area contributed by atoms with Gasteiger partial charge in [0, 0.05) is 6.61 Å². The number of hydrogen-bond donors (Lipinski definition) is 2. The summed E-state index contributed by atoms with van der Waals surface area (Å²) >= 11 is 0. The van der Waals surface area contributed by atoms with E-state index >= 15 is 0 Å². The fraction of sp³-hybridized carbons (Fsp3) is 0.375. The van der Waals surface area contributed by atoms with Crippen molar-refractivity contribution in [2.45, 2.75) is 33.3 Å². The maximum absolute atomic E-state index is 12.3. The van der Waals surface area contributed by atoms with E-state index in [0.717, 1.165) is 5.56 Å².